The first-order valence-corrected chi connectivity index (χ1v) is 8.57. The first kappa shape index (κ1) is 17.8. The van der Waals surface area contributed by atoms with Gasteiger partial charge in [-0.15, -0.1) is 0 Å². The molecule has 128 valence electrons. The topological polar surface area (TPSA) is 37.4 Å². The Morgan fingerprint density at radius 1 is 1.04 bits per heavy atom. The molecule has 8 heteroatoms. The van der Waals surface area contributed by atoms with Crippen LogP contribution in [0.2, 0.25) is 0 Å². The lowest BCUT2D eigenvalue weighted by Gasteiger charge is -2.14. The number of benzene rings is 2. The quantitative estimate of drug-likeness (QED) is 0.576. The summed E-state index contributed by atoms with van der Waals surface area (Å²) < 4.78 is 39.3. The Kier molecular flexibility index (Phi) is 4.75. The van der Waals surface area contributed by atoms with Crippen LogP contribution in [0.4, 0.5) is 23.7 Å². The third kappa shape index (κ3) is 3.80. The van der Waals surface area contributed by atoms with Crippen LogP contribution in [0, 0.1) is 0 Å². The average molecular weight is 428 g/mol. The van der Waals surface area contributed by atoms with E-state index in [2.05, 4.69) is 15.9 Å². The van der Waals surface area contributed by atoms with Crippen LogP contribution in [-0.2, 0) is 11.0 Å². The summed E-state index contributed by atoms with van der Waals surface area (Å²) in [4.78, 5) is 25.5. The van der Waals surface area contributed by atoms with Crippen LogP contribution in [-0.4, -0.2) is 11.1 Å². The molecular weight excluding hydrogens is 419 g/mol. The molecule has 0 aromatic heterocycles. The summed E-state index contributed by atoms with van der Waals surface area (Å²) in [6.07, 6.45) is -3.02. The highest BCUT2D eigenvalue weighted by Crippen LogP contribution is 2.38. The third-order valence-corrected chi connectivity index (χ3v) is 4.73. The van der Waals surface area contributed by atoms with Crippen molar-refractivity contribution >= 4 is 50.6 Å². The van der Waals surface area contributed by atoms with E-state index >= 15 is 0 Å². The number of amides is 2. The molecule has 1 aliphatic heterocycles. The van der Waals surface area contributed by atoms with Gasteiger partial charge in [0.1, 0.15) is 0 Å². The summed E-state index contributed by atoms with van der Waals surface area (Å²) >= 11 is 4.00. The minimum absolute atomic E-state index is 0.102. The van der Waals surface area contributed by atoms with Crippen LogP contribution >= 0.6 is 27.7 Å². The van der Waals surface area contributed by atoms with Gasteiger partial charge in [-0.25, -0.2) is 4.90 Å². The molecule has 1 aliphatic rings. The number of hydrogen-bond acceptors (Lipinski definition) is 3. The molecule has 25 heavy (non-hydrogen) atoms. The molecule has 0 N–H and O–H groups in total. The molecule has 0 radical (unpaired) electrons. The largest absolute Gasteiger partial charge is 0.416 e. The first-order valence-electron chi connectivity index (χ1n) is 6.96. The van der Waals surface area contributed by atoms with Crippen LogP contribution in [0.15, 0.2) is 57.9 Å². The van der Waals surface area contributed by atoms with E-state index in [-0.39, 0.29) is 10.6 Å². The van der Waals surface area contributed by atoms with E-state index in [9.17, 15) is 22.8 Å². The van der Waals surface area contributed by atoms with E-state index in [0.29, 0.717) is 17.3 Å². The molecule has 1 fully saturated rings. The second-order valence-corrected chi connectivity index (χ2v) is 7.03. The Morgan fingerprint density at radius 3 is 2.44 bits per heavy atom. The number of hydrogen-bond donors (Lipinski definition) is 0. The maximum absolute atomic E-state index is 12.8. The fraction of sp³-hybridized carbons (Fsp3) is 0.0588. The number of halogens is 4. The Balaban J connectivity index is 1.95. The maximum atomic E-state index is 12.8. The van der Waals surface area contributed by atoms with Gasteiger partial charge >= 0.3 is 6.18 Å². The average Bonchev–Trinajstić information content (AvgIpc) is 2.81. The highest BCUT2D eigenvalue weighted by atomic mass is 79.9. The van der Waals surface area contributed by atoms with Gasteiger partial charge < -0.3 is 0 Å². The number of anilines is 1. The number of thioether (sulfide) groups is 1. The Hall–Kier alpha value is -2.06. The van der Waals surface area contributed by atoms with Crippen molar-refractivity contribution in [3.05, 3.63) is 69.0 Å². The predicted molar refractivity (Wildman–Crippen MR) is 94.0 cm³/mol. The minimum atomic E-state index is -4.55. The van der Waals surface area contributed by atoms with Crippen molar-refractivity contribution in [3.8, 4) is 0 Å². The second kappa shape index (κ2) is 6.68. The number of imide groups is 1. The monoisotopic (exact) mass is 427 g/mol. The van der Waals surface area contributed by atoms with Gasteiger partial charge in [-0.2, -0.15) is 13.2 Å². The van der Waals surface area contributed by atoms with Crippen molar-refractivity contribution in [2.45, 2.75) is 6.18 Å². The van der Waals surface area contributed by atoms with Crippen molar-refractivity contribution in [2.24, 2.45) is 0 Å². The molecule has 1 saturated heterocycles. The molecule has 0 unspecified atom stereocenters. The van der Waals surface area contributed by atoms with Crippen molar-refractivity contribution in [1.82, 2.24) is 0 Å². The molecule has 0 aliphatic carbocycles. The van der Waals surface area contributed by atoms with Crippen molar-refractivity contribution in [3.63, 3.8) is 0 Å². The molecule has 2 aromatic rings. The van der Waals surface area contributed by atoms with Gasteiger partial charge in [-0.3, -0.25) is 9.59 Å². The first-order chi connectivity index (χ1) is 11.8. The number of alkyl halides is 3. The lowest BCUT2D eigenvalue weighted by atomic mass is 10.1. The van der Waals surface area contributed by atoms with E-state index in [1.807, 2.05) is 6.07 Å². The molecule has 0 saturated carbocycles. The maximum Gasteiger partial charge on any atom is 0.416 e. The van der Waals surface area contributed by atoms with Crippen molar-refractivity contribution in [1.29, 1.82) is 0 Å². The van der Waals surface area contributed by atoms with Crippen LogP contribution in [0.5, 0.6) is 0 Å². The van der Waals surface area contributed by atoms with Gasteiger partial charge in [0, 0.05) is 4.47 Å². The van der Waals surface area contributed by atoms with Crippen molar-refractivity contribution in [2.75, 3.05) is 4.90 Å². The van der Waals surface area contributed by atoms with E-state index < -0.39 is 22.9 Å². The second-order valence-electron chi connectivity index (χ2n) is 5.12. The van der Waals surface area contributed by atoms with Crippen molar-refractivity contribution < 1.29 is 22.8 Å². The number of nitrogens with zero attached hydrogens (tertiary/aromatic N) is 1. The summed E-state index contributed by atoms with van der Waals surface area (Å²) in [6, 6.07) is 11.2. The van der Waals surface area contributed by atoms with Crippen LogP contribution in [0.3, 0.4) is 0 Å². The van der Waals surface area contributed by atoms with Gasteiger partial charge in [-0.1, -0.05) is 34.1 Å². The predicted octanol–water partition coefficient (Wildman–Crippen LogP) is 5.71. The van der Waals surface area contributed by atoms with Crippen LogP contribution in [0.1, 0.15) is 11.1 Å². The summed E-state index contributed by atoms with van der Waals surface area (Å²) in [6.45, 7) is 0. The zero-order valence-corrected chi connectivity index (χ0v) is 14.8. The third-order valence-electron chi connectivity index (χ3n) is 3.37. The standard InChI is InChI=1S/C17H9BrF3NO2S/c18-12-5-1-3-10(7-12)8-14-15(23)22(16(24)25-14)13-6-2-4-11(9-13)17(19,20)21/h1-9H/b14-8-. The lowest BCUT2D eigenvalue weighted by Crippen LogP contribution is -2.28. The molecule has 0 bridgehead atoms. The molecule has 1 heterocycles. The van der Waals surface area contributed by atoms with Gasteiger partial charge in [0.2, 0.25) is 0 Å². The fourth-order valence-corrected chi connectivity index (χ4v) is 3.52. The zero-order valence-electron chi connectivity index (χ0n) is 12.4. The highest BCUT2D eigenvalue weighted by molar-refractivity contribution is 9.10. The van der Waals surface area contributed by atoms with Gasteiger partial charge in [0.25, 0.3) is 11.1 Å². The SMILES string of the molecule is O=C1S/C(=C\c2cccc(Br)c2)C(=O)N1c1cccc(C(F)(F)F)c1. The van der Waals surface area contributed by atoms with E-state index in [0.717, 1.165) is 21.5 Å². The van der Waals surface area contributed by atoms with Gasteiger partial charge in [0.05, 0.1) is 16.2 Å². The summed E-state index contributed by atoms with van der Waals surface area (Å²) in [7, 11) is 0. The summed E-state index contributed by atoms with van der Waals surface area (Å²) in [5.74, 6) is -0.644. The smallest absolute Gasteiger partial charge is 0.268 e. The zero-order chi connectivity index (χ0) is 18.2. The molecule has 3 nitrogen and oxygen atoms in total. The Bertz CT molecular complexity index is 895. The van der Waals surface area contributed by atoms with E-state index in [4.69, 9.17) is 0 Å². The van der Waals surface area contributed by atoms with E-state index in [1.54, 1.807) is 18.2 Å². The molecule has 2 amide bonds. The van der Waals surface area contributed by atoms with Crippen LogP contribution < -0.4 is 4.90 Å². The molecule has 3 rings (SSSR count). The van der Waals surface area contributed by atoms with E-state index in [1.165, 1.54) is 18.2 Å². The molecular formula is C17H9BrF3NO2S. The Labute approximate surface area is 153 Å². The number of carbonyl (C=O) groups excluding carboxylic acids is 2. The van der Waals surface area contributed by atoms with Gasteiger partial charge in [0.15, 0.2) is 0 Å². The fourth-order valence-electron chi connectivity index (χ4n) is 2.26. The summed E-state index contributed by atoms with van der Waals surface area (Å²) in [5.41, 5.74) is -0.320. The number of carbonyl (C=O) groups is 2. The molecule has 2 aromatic carbocycles. The summed E-state index contributed by atoms with van der Waals surface area (Å²) in [5, 5.41) is -0.634. The molecule has 0 spiro atoms. The molecule has 0 atom stereocenters. The highest BCUT2D eigenvalue weighted by Gasteiger charge is 2.38. The Morgan fingerprint density at radius 2 is 1.76 bits per heavy atom. The number of rotatable bonds is 2. The minimum Gasteiger partial charge on any atom is -0.268 e. The lowest BCUT2D eigenvalue weighted by molar-refractivity contribution is -0.137. The van der Waals surface area contributed by atoms with Gasteiger partial charge in [-0.05, 0) is 53.7 Å². The van der Waals surface area contributed by atoms with Crippen LogP contribution in [0.25, 0.3) is 6.08 Å². The normalized spacial score (nSPS) is 16.8.